The summed E-state index contributed by atoms with van der Waals surface area (Å²) in [6.07, 6.45) is 4.27. The maximum absolute atomic E-state index is 15.7. The SMILES string of the molecule is CC1CCN(c2ccc(Cn3c([C@@H]4CCCCC4C(O)O)nc4cc(OCc5ccc6ccccc6n5)ccc43)c(F)c2)CC1. The number of benzene rings is 3. The summed E-state index contributed by atoms with van der Waals surface area (Å²) in [6, 6.07) is 23.4. The molecule has 0 spiro atoms. The maximum atomic E-state index is 15.7. The first-order chi connectivity index (χ1) is 21.9. The van der Waals surface area contributed by atoms with E-state index >= 15 is 4.39 Å². The summed E-state index contributed by atoms with van der Waals surface area (Å²) in [5.74, 6) is 1.45. The van der Waals surface area contributed by atoms with Crippen molar-refractivity contribution in [1.29, 1.82) is 0 Å². The van der Waals surface area contributed by atoms with Gasteiger partial charge in [-0.05, 0) is 68.0 Å². The first-order valence-corrected chi connectivity index (χ1v) is 16.3. The van der Waals surface area contributed by atoms with E-state index < -0.39 is 6.29 Å². The number of nitrogens with zero attached hydrogens (tertiary/aromatic N) is 4. The van der Waals surface area contributed by atoms with Gasteiger partial charge in [0.25, 0.3) is 0 Å². The van der Waals surface area contributed by atoms with Crippen molar-refractivity contribution in [2.75, 3.05) is 18.0 Å². The molecule has 1 saturated heterocycles. The van der Waals surface area contributed by atoms with E-state index in [1.165, 1.54) is 0 Å². The highest BCUT2D eigenvalue weighted by atomic mass is 19.1. The number of piperidine rings is 1. The van der Waals surface area contributed by atoms with Crippen molar-refractivity contribution in [1.82, 2.24) is 14.5 Å². The molecule has 2 fully saturated rings. The van der Waals surface area contributed by atoms with Crippen molar-refractivity contribution in [3.05, 3.63) is 95.7 Å². The number of anilines is 1. The smallest absolute Gasteiger partial charge is 0.154 e. The number of rotatable bonds is 8. The van der Waals surface area contributed by atoms with E-state index in [1.54, 1.807) is 6.07 Å². The maximum Gasteiger partial charge on any atom is 0.154 e. The minimum absolute atomic E-state index is 0.144. The average molecular weight is 609 g/mol. The number of aromatic nitrogens is 3. The highest BCUT2D eigenvalue weighted by molar-refractivity contribution is 5.79. The molecule has 2 aromatic heterocycles. The van der Waals surface area contributed by atoms with Gasteiger partial charge in [0, 0.05) is 47.6 Å². The lowest BCUT2D eigenvalue weighted by atomic mass is 9.78. The summed E-state index contributed by atoms with van der Waals surface area (Å²) in [5.41, 5.74) is 4.88. The van der Waals surface area contributed by atoms with Crippen LogP contribution in [0.3, 0.4) is 0 Å². The monoisotopic (exact) mass is 608 g/mol. The molecule has 3 aromatic carbocycles. The lowest BCUT2D eigenvalue weighted by Crippen LogP contribution is -2.32. The van der Waals surface area contributed by atoms with Crippen LogP contribution in [-0.4, -0.2) is 44.1 Å². The van der Waals surface area contributed by atoms with Crippen molar-refractivity contribution in [2.24, 2.45) is 11.8 Å². The fourth-order valence-electron chi connectivity index (χ4n) is 7.15. The van der Waals surface area contributed by atoms with Gasteiger partial charge in [-0.1, -0.05) is 50.1 Å². The fraction of sp³-hybridized carbons (Fsp3) is 0.405. The largest absolute Gasteiger partial charge is 0.487 e. The minimum Gasteiger partial charge on any atom is -0.487 e. The Bertz CT molecular complexity index is 1800. The standard InChI is InChI=1S/C37H41FN4O3/c1-24-16-18-41(19-17-24)28-13-11-26(32(38)20-28)22-42-35-15-14-29(45-23-27-12-10-25-6-2-5-9-33(25)39-27)21-34(35)40-36(42)30-7-3-4-8-31(30)37(43)44/h2,5-6,9-15,20-21,24,30-31,37,43-44H,3-4,7-8,16-19,22-23H2,1H3/t30-,31?/m1/s1. The highest BCUT2D eigenvalue weighted by Gasteiger charge is 2.35. The fourth-order valence-corrected chi connectivity index (χ4v) is 7.15. The van der Waals surface area contributed by atoms with Crippen LogP contribution in [0.1, 0.15) is 68.4 Å². The molecule has 45 heavy (non-hydrogen) atoms. The zero-order chi connectivity index (χ0) is 30.9. The molecule has 7 nitrogen and oxygen atoms in total. The molecule has 2 N–H and O–H groups in total. The van der Waals surface area contributed by atoms with Crippen LogP contribution in [0.15, 0.2) is 72.8 Å². The number of hydrogen-bond acceptors (Lipinski definition) is 6. The first-order valence-electron chi connectivity index (χ1n) is 16.3. The second-order valence-corrected chi connectivity index (χ2v) is 12.9. The number of halogens is 1. The van der Waals surface area contributed by atoms with E-state index in [0.717, 1.165) is 90.8 Å². The van der Waals surface area contributed by atoms with E-state index in [0.29, 0.717) is 30.4 Å². The number of pyridine rings is 1. The number of ether oxygens (including phenoxy) is 1. The van der Waals surface area contributed by atoms with Crippen molar-refractivity contribution in [2.45, 2.75) is 70.8 Å². The van der Waals surface area contributed by atoms with Crippen LogP contribution < -0.4 is 9.64 Å². The molecule has 1 aliphatic heterocycles. The van der Waals surface area contributed by atoms with Crippen LogP contribution in [0.5, 0.6) is 5.75 Å². The molecular weight excluding hydrogens is 567 g/mol. The zero-order valence-corrected chi connectivity index (χ0v) is 25.8. The van der Waals surface area contributed by atoms with Crippen molar-refractivity contribution >= 4 is 27.6 Å². The summed E-state index contributed by atoms with van der Waals surface area (Å²) >= 11 is 0. The Kier molecular flexibility index (Phi) is 8.43. The highest BCUT2D eigenvalue weighted by Crippen LogP contribution is 2.41. The summed E-state index contributed by atoms with van der Waals surface area (Å²) in [6.45, 7) is 4.80. The Hall–Kier alpha value is -4.01. The number of aliphatic hydroxyl groups is 2. The van der Waals surface area contributed by atoms with Crippen LogP contribution >= 0.6 is 0 Å². The van der Waals surface area contributed by atoms with Gasteiger partial charge in [0.15, 0.2) is 6.29 Å². The zero-order valence-electron chi connectivity index (χ0n) is 25.8. The average Bonchev–Trinajstić information content (AvgIpc) is 3.42. The second kappa shape index (κ2) is 12.8. The van der Waals surface area contributed by atoms with E-state index in [4.69, 9.17) is 14.7 Å². The van der Waals surface area contributed by atoms with Crippen LogP contribution in [0, 0.1) is 17.7 Å². The van der Waals surface area contributed by atoms with Crippen LogP contribution in [-0.2, 0) is 13.2 Å². The molecule has 5 aromatic rings. The quantitative estimate of drug-likeness (QED) is 0.182. The Morgan fingerprint density at radius 2 is 1.71 bits per heavy atom. The molecule has 3 heterocycles. The first kappa shape index (κ1) is 29.7. The normalized spacial score (nSPS) is 19.5. The Morgan fingerprint density at radius 3 is 2.53 bits per heavy atom. The van der Waals surface area contributed by atoms with Gasteiger partial charge < -0.3 is 24.4 Å². The number of aliphatic hydroxyl groups excluding tert-OH is 1. The molecule has 2 atom stereocenters. The topological polar surface area (TPSA) is 83.6 Å². The third-order valence-corrected chi connectivity index (χ3v) is 9.84. The van der Waals surface area contributed by atoms with E-state index in [9.17, 15) is 10.2 Å². The molecule has 1 unspecified atom stereocenters. The molecule has 2 aliphatic rings. The Morgan fingerprint density at radius 1 is 0.889 bits per heavy atom. The Labute approximate surface area is 263 Å². The summed E-state index contributed by atoms with van der Waals surface area (Å²) < 4.78 is 23.9. The Balaban J connectivity index is 1.19. The van der Waals surface area contributed by atoms with Gasteiger partial charge in [-0.15, -0.1) is 0 Å². The van der Waals surface area contributed by atoms with Gasteiger partial charge >= 0.3 is 0 Å². The lowest BCUT2D eigenvalue weighted by molar-refractivity contribution is -0.100. The molecule has 234 valence electrons. The van der Waals surface area contributed by atoms with Gasteiger partial charge in [-0.2, -0.15) is 0 Å². The van der Waals surface area contributed by atoms with E-state index in [1.807, 2.05) is 66.7 Å². The minimum atomic E-state index is -1.43. The molecule has 0 amide bonds. The van der Waals surface area contributed by atoms with Crippen LogP contribution in [0.2, 0.25) is 0 Å². The molecule has 1 aliphatic carbocycles. The third kappa shape index (κ3) is 6.26. The third-order valence-electron chi connectivity index (χ3n) is 9.84. The number of para-hydroxylation sites is 1. The molecular formula is C37H41FN4O3. The molecule has 0 radical (unpaired) electrons. The number of hydrogen-bond donors (Lipinski definition) is 2. The van der Waals surface area contributed by atoms with Gasteiger partial charge in [0.2, 0.25) is 0 Å². The molecule has 0 bridgehead atoms. The molecule has 8 heteroatoms. The van der Waals surface area contributed by atoms with Crippen molar-refractivity contribution in [3.8, 4) is 5.75 Å². The van der Waals surface area contributed by atoms with Crippen molar-refractivity contribution in [3.63, 3.8) is 0 Å². The number of imidazole rings is 1. The van der Waals surface area contributed by atoms with Gasteiger partial charge in [-0.25, -0.2) is 14.4 Å². The molecule has 1 saturated carbocycles. The summed E-state index contributed by atoms with van der Waals surface area (Å²) in [7, 11) is 0. The van der Waals surface area contributed by atoms with Crippen molar-refractivity contribution < 1.29 is 19.3 Å². The second-order valence-electron chi connectivity index (χ2n) is 12.9. The summed E-state index contributed by atoms with van der Waals surface area (Å²) in [5, 5.41) is 21.7. The van der Waals surface area contributed by atoms with Gasteiger partial charge in [0.05, 0.1) is 28.8 Å². The predicted octanol–water partition coefficient (Wildman–Crippen LogP) is 7.17. The van der Waals surface area contributed by atoms with Gasteiger partial charge in [-0.3, -0.25) is 0 Å². The molecule has 7 rings (SSSR count). The summed E-state index contributed by atoms with van der Waals surface area (Å²) in [4.78, 5) is 12.1. The predicted molar refractivity (Wildman–Crippen MR) is 175 cm³/mol. The number of fused-ring (bicyclic) bond motifs is 2. The van der Waals surface area contributed by atoms with Crippen LogP contribution in [0.25, 0.3) is 21.9 Å². The van der Waals surface area contributed by atoms with Gasteiger partial charge in [0.1, 0.15) is 24.0 Å². The van der Waals surface area contributed by atoms with Crippen LogP contribution in [0.4, 0.5) is 10.1 Å². The van der Waals surface area contributed by atoms with E-state index in [2.05, 4.69) is 16.4 Å². The lowest BCUT2D eigenvalue weighted by Gasteiger charge is -2.33. The van der Waals surface area contributed by atoms with E-state index in [-0.39, 0.29) is 17.7 Å².